The van der Waals surface area contributed by atoms with E-state index in [1.807, 2.05) is 13.8 Å². The maximum Gasteiger partial charge on any atom is 0.350 e. The Morgan fingerprint density at radius 1 is 1.48 bits per heavy atom. The fourth-order valence-corrected chi connectivity index (χ4v) is 2.24. The average molecular weight is 315 g/mol. The van der Waals surface area contributed by atoms with E-state index in [1.165, 1.54) is 10.9 Å². The van der Waals surface area contributed by atoms with Gasteiger partial charge in [0, 0.05) is 14.7 Å². The van der Waals surface area contributed by atoms with E-state index in [1.54, 1.807) is 0 Å². The zero-order valence-electron chi connectivity index (χ0n) is 13.5. The summed E-state index contributed by atoms with van der Waals surface area (Å²) in [6.45, 7) is 11.5. The third-order valence-corrected chi connectivity index (χ3v) is 4.72. The Morgan fingerprint density at radius 2 is 2.14 bits per heavy atom. The maximum atomic E-state index is 11.0. The summed E-state index contributed by atoms with van der Waals surface area (Å²) in [4.78, 5) is 10.5. The quantitative estimate of drug-likeness (QED) is 0.302. The lowest BCUT2D eigenvalue weighted by molar-refractivity contribution is -0.386. The molecule has 0 spiro atoms. The molecule has 7 nitrogen and oxygen atoms in total. The molecule has 1 atom stereocenters. The SMILES string of the molecule is CC[C@H](C)Oc1nn(COCC[Si](C)(C)C)cc1[N+](=O)[O-]. The van der Waals surface area contributed by atoms with Crippen LogP contribution < -0.4 is 4.74 Å². The van der Waals surface area contributed by atoms with Gasteiger partial charge in [0.25, 0.3) is 0 Å². The van der Waals surface area contributed by atoms with Gasteiger partial charge >= 0.3 is 11.6 Å². The van der Waals surface area contributed by atoms with Gasteiger partial charge in [-0.3, -0.25) is 10.1 Å². The van der Waals surface area contributed by atoms with Crippen molar-refractivity contribution in [3.63, 3.8) is 0 Å². The van der Waals surface area contributed by atoms with Crippen molar-refractivity contribution in [3.8, 4) is 5.88 Å². The van der Waals surface area contributed by atoms with E-state index in [9.17, 15) is 10.1 Å². The summed E-state index contributed by atoms with van der Waals surface area (Å²) in [6.07, 6.45) is 2.00. The smallest absolute Gasteiger partial charge is 0.350 e. The fraction of sp³-hybridized carbons (Fsp3) is 0.769. The van der Waals surface area contributed by atoms with Gasteiger partial charge in [0.1, 0.15) is 12.9 Å². The van der Waals surface area contributed by atoms with E-state index in [2.05, 4.69) is 24.7 Å². The van der Waals surface area contributed by atoms with Gasteiger partial charge < -0.3 is 9.47 Å². The lowest BCUT2D eigenvalue weighted by atomic mass is 10.3. The molecule has 120 valence electrons. The molecule has 1 aromatic rings. The molecule has 0 saturated heterocycles. The van der Waals surface area contributed by atoms with Gasteiger partial charge in [0.2, 0.25) is 0 Å². The van der Waals surface area contributed by atoms with Gasteiger partial charge in [-0.25, -0.2) is 4.68 Å². The number of ether oxygens (including phenoxy) is 2. The molecule has 0 unspecified atom stereocenters. The van der Waals surface area contributed by atoms with Crippen LogP contribution in [-0.2, 0) is 11.5 Å². The summed E-state index contributed by atoms with van der Waals surface area (Å²) >= 11 is 0. The van der Waals surface area contributed by atoms with Crippen LogP contribution in [0.15, 0.2) is 6.20 Å². The van der Waals surface area contributed by atoms with E-state index in [0.29, 0.717) is 6.61 Å². The lowest BCUT2D eigenvalue weighted by Gasteiger charge is -2.15. The van der Waals surface area contributed by atoms with E-state index < -0.39 is 13.0 Å². The van der Waals surface area contributed by atoms with Gasteiger partial charge in [0.15, 0.2) is 0 Å². The number of hydrogen-bond donors (Lipinski definition) is 0. The van der Waals surface area contributed by atoms with Crippen LogP contribution in [0.5, 0.6) is 5.88 Å². The first kappa shape index (κ1) is 17.6. The Hall–Kier alpha value is -1.41. The second-order valence-corrected chi connectivity index (χ2v) is 11.9. The van der Waals surface area contributed by atoms with Crippen molar-refractivity contribution in [3.05, 3.63) is 16.3 Å². The zero-order valence-corrected chi connectivity index (χ0v) is 14.5. The van der Waals surface area contributed by atoms with Gasteiger partial charge in [-0.05, 0) is 19.4 Å². The largest absolute Gasteiger partial charge is 0.469 e. The Balaban J connectivity index is 2.63. The highest BCUT2D eigenvalue weighted by Gasteiger charge is 2.22. The first-order valence-electron chi connectivity index (χ1n) is 7.19. The lowest BCUT2D eigenvalue weighted by Crippen LogP contribution is -2.22. The van der Waals surface area contributed by atoms with Crippen LogP contribution in [0.4, 0.5) is 5.69 Å². The Morgan fingerprint density at radius 3 is 2.67 bits per heavy atom. The second-order valence-electron chi connectivity index (χ2n) is 6.30. The van der Waals surface area contributed by atoms with Gasteiger partial charge in [-0.15, -0.1) is 5.10 Å². The molecule has 1 aromatic heterocycles. The fourth-order valence-electron chi connectivity index (χ4n) is 1.48. The van der Waals surface area contributed by atoms with Crippen LogP contribution in [0.1, 0.15) is 20.3 Å². The van der Waals surface area contributed by atoms with Gasteiger partial charge in [0.05, 0.1) is 11.0 Å². The Labute approximate surface area is 126 Å². The molecule has 0 N–H and O–H groups in total. The van der Waals surface area contributed by atoms with Crippen LogP contribution in [0.3, 0.4) is 0 Å². The molecule has 0 aromatic carbocycles. The third kappa shape index (κ3) is 6.26. The summed E-state index contributed by atoms with van der Waals surface area (Å²) in [7, 11) is -1.13. The minimum Gasteiger partial charge on any atom is -0.469 e. The highest BCUT2D eigenvalue weighted by molar-refractivity contribution is 6.76. The van der Waals surface area contributed by atoms with Crippen LogP contribution in [0, 0.1) is 10.1 Å². The van der Waals surface area contributed by atoms with Crippen molar-refractivity contribution in [1.82, 2.24) is 9.78 Å². The summed E-state index contributed by atoms with van der Waals surface area (Å²) < 4.78 is 12.4. The van der Waals surface area contributed by atoms with Crippen molar-refractivity contribution in [2.45, 2.75) is 58.8 Å². The molecular formula is C13H25N3O4Si. The highest BCUT2D eigenvalue weighted by Crippen LogP contribution is 2.26. The van der Waals surface area contributed by atoms with E-state index in [-0.39, 0.29) is 24.4 Å². The van der Waals surface area contributed by atoms with E-state index >= 15 is 0 Å². The van der Waals surface area contributed by atoms with E-state index in [4.69, 9.17) is 9.47 Å². The van der Waals surface area contributed by atoms with Crippen LogP contribution in [0.2, 0.25) is 25.7 Å². The average Bonchev–Trinajstić information content (AvgIpc) is 2.76. The molecule has 0 bridgehead atoms. The predicted molar refractivity (Wildman–Crippen MR) is 83.4 cm³/mol. The monoisotopic (exact) mass is 315 g/mol. The number of hydrogen-bond acceptors (Lipinski definition) is 5. The number of nitrogens with zero attached hydrogens (tertiary/aromatic N) is 3. The topological polar surface area (TPSA) is 79.4 Å². The molecule has 1 heterocycles. The van der Waals surface area contributed by atoms with Crippen molar-refractivity contribution in [2.24, 2.45) is 0 Å². The molecule has 1 rings (SSSR count). The molecule has 0 aliphatic carbocycles. The minimum absolute atomic E-state index is 0.0585. The second kappa shape index (κ2) is 7.55. The van der Waals surface area contributed by atoms with Crippen molar-refractivity contribution in [2.75, 3.05) is 6.61 Å². The molecule has 0 aliphatic rings. The van der Waals surface area contributed by atoms with Gasteiger partial charge in [-0.1, -0.05) is 26.6 Å². The van der Waals surface area contributed by atoms with Crippen LogP contribution in [0.25, 0.3) is 0 Å². The maximum absolute atomic E-state index is 11.0. The first-order valence-corrected chi connectivity index (χ1v) is 10.9. The first-order chi connectivity index (χ1) is 9.73. The summed E-state index contributed by atoms with van der Waals surface area (Å²) in [5.74, 6) is 0.0585. The van der Waals surface area contributed by atoms with Crippen LogP contribution >= 0.6 is 0 Å². The molecule has 21 heavy (non-hydrogen) atoms. The van der Waals surface area contributed by atoms with E-state index in [0.717, 1.165) is 12.5 Å². The highest BCUT2D eigenvalue weighted by atomic mass is 28.3. The predicted octanol–water partition coefficient (Wildman–Crippen LogP) is 3.28. The van der Waals surface area contributed by atoms with Crippen molar-refractivity contribution >= 4 is 13.8 Å². The number of nitro groups is 1. The minimum atomic E-state index is -1.13. The molecule has 0 aliphatic heterocycles. The summed E-state index contributed by atoms with van der Waals surface area (Å²) in [5.41, 5.74) is -0.121. The number of aromatic nitrogens is 2. The van der Waals surface area contributed by atoms with Crippen molar-refractivity contribution in [1.29, 1.82) is 0 Å². The molecular weight excluding hydrogens is 290 g/mol. The zero-order chi connectivity index (χ0) is 16.0. The summed E-state index contributed by atoms with van der Waals surface area (Å²) in [6, 6.07) is 1.05. The molecule has 8 heteroatoms. The summed E-state index contributed by atoms with van der Waals surface area (Å²) in [5, 5.41) is 15.1. The molecule has 0 amide bonds. The Bertz CT molecular complexity index is 470. The third-order valence-electron chi connectivity index (χ3n) is 3.01. The molecule has 0 saturated carbocycles. The Kier molecular flexibility index (Phi) is 6.34. The molecule has 0 radical (unpaired) electrons. The molecule has 0 fully saturated rings. The van der Waals surface area contributed by atoms with Gasteiger partial charge in [-0.2, -0.15) is 0 Å². The van der Waals surface area contributed by atoms with Crippen molar-refractivity contribution < 1.29 is 14.4 Å². The number of rotatable bonds is 9. The standard InChI is InChI=1S/C13H25N3O4Si/c1-6-11(2)20-13-12(16(17)18)9-15(14-13)10-19-7-8-21(3,4)5/h9,11H,6-8,10H2,1-5H3/t11-/m0/s1. The normalized spacial score (nSPS) is 13.2. The van der Waals surface area contributed by atoms with Crippen LogP contribution in [-0.4, -0.2) is 35.5 Å².